The second kappa shape index (κ2) is 45.4. The minimum atomic E-state index is -4.79. The van der Waals surface area contributed by atoms with Gasteiger partial charge >= 0.3 is 27.6 Å². The van der Waals surface area contributed by atoms with Crippen molar-refractivity contribution < 1.29 is 71.4 Å². The first-order valence-corrected chi connectivity index (χ1v) is 28.0. The van der Waals surface area contributed by atoms with E-state index in [1.807, 2.05) is 0 Å². The van der Waals surface area contributed by atoms with Crippen LogP contribution in [0.2, 0.25) is 0 Å². The molecule has 66 heavy (non-hydrogen) atoms. The van der Waals surface area contributed by atoms with Crippen molar-refractivity contribution in [3.05, 3.63) is 48.6 Å². The van der Waals surface area contributed by atoms with E-state index in [1.165, 1.54) is 83.5 Å². The van der Waals surface area contributed by atoms with Crippen molar-refractivity contribution in [2.75, 3.05) is 39.6 Å². The number of carbonyl (C=O) groups is 2. The molecule has 386 valence electrons. The molecule has 0 aliphatic carbocycles. The molecule has 0 saturated heterocycles. The number of hydrogen-bond acceptors (Lipinski definition) is 13. The Morgan fingerprint density at radius 1 is 0.394 bits per heavy atom. The zero-order chi connectivity index (χ0) is 48.8. The highest BCUT2D eigenvalue weighted by molar-refractivity contribution is 7.47. The predicted octanol–water partition coefficient (Wildman–Crippen LogP) is 11.6. The number of esters is 2. The highest BCUT2D eigenvalue weighted by Gasteiger charge is 2.28. The number of hydrogen-bond donors (Lipinski definition) is 5. The standard InChI is InChI=1S/C49H90O15P2/c1-3-5-7-9-11-13-15-17-18-19-20-21-22-23-24-26-28-30-32-34-36-38-49(54)60-40-46(51)42-62-66(57,58)64-44-47(52)43-63-65(55,56)61-41-45(50)39-59-48(53)37-35-33-31-29-27-25-16-14-12-10-8-6-4-2/h11,13,17-18,20-21,23-24,45-47,50-52H,3-10,12,14-16,19,22,25-44H2,1-2H3,(H,55,56)(H,57,58)/b13-11-,18-17-,21-20-,24-23-. The van der Waals surface area contributed by atoms with Crippen molar-refractivity contribution in [1.29, 1.82) is 0 Å². The molecule has 0 aliphatic rings. The SMILES string of the molecule is CCCCC/C=C\C/C=C\C/C=C\C/C=C\CCCCCCCC(=O)OCC(O)COP(=O)(O)OCC(O)COP(=O)(O)OCC(O)COC(=O)CCCCCCCCCCCCCCC. The van der Waals surface area contributed by atoms with Crippen LogP contribution in [0.4, 0.5) is 0 Å². The molecular formula is C49H90O15P2. The van der Waals surface area contributed by atoms with Crippen LogP contribution in [0.15, 0.2) is 48.6 Å². The normalized spacial score (nSPS) is 15.4. The fourth-order valence-electron chi connectivity index (χ4n) is 6.37. The maximum absolute atomic E-state index is 12.2. The highest BCUT2D eigenvalue weighted by atomic mass is 31.2. The van der Waals surface area contributed by atoms with Crippen molar-refractivity contribution >= 4 is 27.6 Å². The first kappa shape index (κ1) is 64.0. The van der Waals surface area contributed by atoms with Crippen LogP contribution in [-0.4, -0.2) is 95.0 Å². The first-order valence-electron chi connectivity index (χ1n) is 25.0. The van der Waals surface area contributed by atoms with Gasteiger partial charge in [0.25, 0.3) is 0 Å². The number of unbranched alkanes of at least 4 members (excludes halogenated alkanes) is 20. The van der Waals surface area contributed by atoms with Gasteiger partial charge in [-0.05, 0) is 57.8 Å². The Morgan fingerprint density at radius 3 is 1.00 bits per heavy atom. The minimum Gasteiger partial charge on any atom is -0.463 e. The Labute approximate surface area is 398 Å². The van der Waals surface area contributed by atoms with E-state index in [2.05, 4.69) is 80.6 Å². The second-order valence-electron chi connectivity index (χ2n) is 16.8. The number of ether oxygens (including phenoxy) is 2. The summed E-state index contributed by atoms with van der Waals surface area (Å²) in [7, 11) is -9.58. The number of phosphoric ester groups is 2. The van der Waals surface area contributed by atoms with Gasteiger partial charge in [0.1, 0.15) is 31.5 Å². The van der Waals surface area contributed by atoms with E-state index in [1.54, 1.807) is 0 Å². The molecule has 5 atom stereocenters. The van der Waals surface area contributed by atoms with Crippen molar-refractivity contribution in [3.63, 3.8) is 0 Å². The minimum absolute atomic E-state index is 0.174. The maximum Gasteiger partial charge on any atom is 0.472 e. The van der Waals surface area contributed by atoms with Gasteiger partial charge in [-0.15, -0.1) is 0 Å². The largest absolute Gasteiger partial charge is 0.472 e. The van der Waals surface area contributed by atoms with Gasteiger partial charge in [-0.1, -0.05) is 172 Å². The smallest absolute Gasteiger partial charge is 0.463 e. The first-order chi connectivity index (χ1) is 31.8. The number of rotatable bonds is 48. The lowest BCUT2D eigenvalue weighted by atomic mass is 10.0. The van der Waals surface area contributed by atoms with Crippen LogP contribution in [-0.2, 0) is 46.3 Å². The Bertz CT molecular complexity index is 1370. The van der Waals surface area contributed by atoms with E-state index in [0.717, 1.165) is 70.6 Å². The van der Waals surface area contributed by atoms with Gasteiger partial charge in [-0.2, -0.15) is 0 Å². The third-order valence-corrected chi connectivity index (χ3v) is 12.2. The number of aliphatic hydroxyl groups is 3. The Hall–Kier alpha value is -2.00. The summed E-state index contributed by atoms with van der Waals surface area (Å²) >= 11 is 0. The van der Waals surface area contributed by atoms with Gasteiger partial charge in [-0.25, -0.2) is 9.13 Å². The molecule has 0 aromatic rings. The summed E-state index contributed by atoms with van der Waals surface area (Å²) in [5.74, 6) is -1.01. The zero-order valence-electron chi connectivity index (χ0n) is 40.6. The molecule has 0 radical (unpaired) electrons. The van der Waals surface area contributed by atoms with Crippen LogP contribution in [0.25, 0.3) is 0 Å². The van der Waals surface area contributed by atoms with Crippen LogP contribution in [0.5, 0.6) is 0 Å². The van der Waals surface area contributed by atoms with Crippen LogP contribution < -0.4 is 0 Å². The fraction of sp³-hybridized carbons (Fsp3) is 0.796. The molecule has 15 nitrogen and oxygen atoms in total. The van der Waals surface area contributed by atoms with Crippen LogP contribution in [0, 0.1) is 0 Å². The molecule has 17 heteroatoms. The van der Waals surface area contributed by atoms with Crippen molar-refractivity contribution in [1.82, 2.24) is 0 Å². The molecule has 0 saturated carbocycles. The number of carbonyl (C=O) groups excluding carboxylic acids is 2. The second-order valence-corrected chi connectivity index (χ2v) is 19.7. The zero-order valence-corrected chi connectivity index (χ0v) is 42.4. The van der Waals surface area contributed by atoms with E-state index in [0.29, 0.717) is 12.8 Å². The third-order valence-electron chi connectivity index (χ3n) is 10.3. The summed E-state index contributed by atoms with van der Waals surface area (Å²) < 4.78 is 53.0. The summed E-state index contributed by atoms with van der Waals surface area (Å²) in [6.45, 7) is 0.377. The maximum atomic E-state index is 12.2. The molecule has 0 aromatic carbocycles. The summed E-state index contributed by atoms with van der Waals surface area (Å²) in [4.78, 5) is 43.8. The van der Waals surface area contributed by atoms with Crippen LogP contribution in [0.3, 0.4) is 0 Å². The summed E-state index contributed by atoms with van der Waals surface area (Å²) in [5, 5.41) is 30.0. The van der Waals surface area contributed by atoms with Crippen LogP contribution in [0.1, 0.15) is 194 Å². The fourth-order valence-corrected chi connectivity index (χ4v) is 7.96. The van der Waals surface area contributed by atoms with Gasteiger partial charge in [0, 0.05) is 12.8 Å². The number of phosphoric acid groups is 2. The van der Waals surface area contributed by atoms with E-state index in [-0.39, 0.29) is 12.8 Å². The van der Waals surface area contributed by atoms with E-state index in [4.69, 9.17) is 9.47 Å². The predicted molar refractivity (Wildman–Crippen MR) is 261 cm³/mol. The Kier molecular flexibility index (Phi) is 44.1. The monoisotopic (exact) mass is 981 g/mol. The number of allylic oxidation sites excluding steroid dienone is 8. The topological polar surface area (TPSA) is 225 Å². The molecule has 0 rings (SSSR count). The molecular weight excluding hydrogens is 890 g/mol. The average molecular weight is 981 g/mol. The number of aliphatic hydroxyl groups excluding tert-OH is 3. The van der Waals surface area contributed by atoms with Crippen LogP contribution >= 0.6 is 15.6 Å². The van der Waals surface area contributed by atoms with Gasteiger partial charge in [0.15, 0.2) is 0 Å². The summed E-state index contributed by atoms with van der Waals surface area (Å²) in [6.07, 6.45) is 42.4. The highest BCUT2D eigenvalue weighted by Crippen LogP contribution is 2.45. The molecule has 0 aromatic heterocycles. The molecule has 5 N–H and O–H groups in total. The third kappa shape index (κ3) is 47.1. The molecule has 0 amide bonds. The lowest BCUT2D eigenvalue weighted by Gasteiger charge is -2.19. The van der Waals surface area contributed by atoms with Gasteiger partial charge < -0.3 is 34.6 Å². The Balaban J connectivity index is 3.90. The Morgan fingerprint density at radius 2 is 0.652 bits per heavy atom. The lowest BCUT2D eigenvalue weighted by molar-refractivity contribution is -0.148. The van der Waals surface area contributed by atoms with Crippen molar-refractivity contribution in [2.24, 2.45) is 0 Å². The molecule has 0 spiro atoms. The lowest BCUT2D eigenvalue weighted by Crippen LogP contribution is -2.25. The van der Waals surface area contributed by atoms with Crippen molar-refractivity contribution in [3.8, 4) is 0 Å². The van der Waals surface area contributed by atoms with Gasteiger partial charge in [0.2, 0.25) is 0 Å². The molecule has 5 unspecified atom stereocenters. The molecule has 0 heterocycles. The van der Waals surface area contributed by atoms with Crippen molar-refractivity contribution in [2.45, 2.75) is 212 Å². The van der Waals surface area contributed by atoms with E-state index in [9.17, 15) is 43.8 Å². The molecule has 0 aliphatic heterocycles. The van der Waals surface area contributed by atoms with Gasteiger partial charge in [0.05, 0.1) is 26.4 Å². The molecule has 0 fully saturated rings. The van der Waals surface area contributed by atoms with Gasteiger partial charge in [-0.3, -0.25) is 27.7 Å². The average Bonchev–Trinajstić information content (AvgIpc) is 3.29. The quantitative estimate of drug-likeness (QED) is 0.0165. The van der Waals surface area contributed by atoms with E-state index < -0.39 is 85.5 Å². The summed E-state index contributed by atoms with van der Waals surface area (Å²) in [6, 6.07) is 0. The molecule has 0 bridgehead atoms. The summed E-state index contributed by atoms with van der Waals surface area (Å²) in [5.41, 5.74) is 0. The van der Waals surface area contributed by atoms with E-state index >= 15 is 0 Å².